The second kappa shape index (κ2) is 6.82. The van der Waals surface area contributed by atoms with Crippen LogP contribution in [0.15, 0.2) is 40.9 Å². The van der Waals surface area contributed by atoms with E-state index in [1.807, 2.05) is 31.2 Å². The molecule has 0 unspecified atom stereocenters. The lowest BCUT2D eigenvalue weighted by molar-refractivity contribution is 0.0784. The number of carbonyl (C=O) groups is 1. The fraction of sp³-hybridized carbons (Fsp3) is 0.188. The quantitative estimate of drug-likeness (QED) is 0.697. The number of hydrogen-bond donors (Lipinski definition) is 0. The Morgan fingerprint density at radius 2 is 1.81 bits per heavy atom. The topological polar surface area (TPSA) is 20.3 Å². The Bertz CT molecular complexity index is 668. The SMILES string of the molecule is Cc1cccc(C(=O)N(C)Cc2cc(Cl)cc(Cl)c2)c1Br. The maximum absolute atomic E-state index is 12.5. The smallest absolute Gasteiger partial charge is 0.255 e. The molecule has 2 rings (SSSR count). The van der Waals surface area contributed by atoms with Crippen molar-refractivity contribution < 1.29 is 4.79 Å². The highest BCUT2D eigenvalue weighted by Crippen LogP contribution is 2.24. The van der Waals surface area contributed by atoms with E-state index in [4.69, 9.17) is 23.2 Å². The van der Waals surface area contributed by atoms with Gasteiger partial charge in [0.15, 0.2) is 0 Å². The van der Waals surface area contributed by atoms with Crippen molar-refractivity contribution in [1.29, 1.82) is 0 Å². The van der Waals surface area contributed by atoms with E-state index in [0.29, 0.717) is 22.2 Å². The zero-order valence-electron chi connectivity index (χ0n) is 11.7. The number of carbonyl (C=O) groups excluding carboxylic acids is 1. The molecule has 2 aromatic rings. The highest BCUT2D eigenvalue weighted by molar-refractivity contribution is 9.10. The Morgan fingerprint density at radius 1 is 1.19 bits per heavy atom. The molecule has 110 valence electrons. The molecule has 0 aromatic heterocycles. The van der Waals surface area contributed by atoms with Gasteiger partial charge in [-0.05, 0) is 58.2 Å². The van der Waals surface area contributed by atoms with Crippen LogP contribution in [0.3, 0.4) is 0 Å². The van der Waals surface area contributed by atoms with E-state index in [9.17, 15) is 4.79 Å². The molecule has 0 aliphatic rings. The number of aryl methyl sites for hydroxylation is 1. The molecule has 0 heterocycles. The molecular weight excluding hydrogens is 373 g/mol. The molecule has 2 nitrogen and oxygen atoms in total. The van der Waals surface area contributed by atoms with Crippen molar-refractivity contribution in [3.8, 4) is 0 Å². The van der Waals surface area contributed by atoms with Gasteiger partial charge >= 0.3 is 0 Å². The molecule has 0 saturated carbocycles. The van der Waals surface area contributed by atoms with Crippen molar-refractivity contribution in [3.63, 3.8) is 0 Å². The second-order valence-corrected chi connectivity index (χ2v) is 6.54. The van der Waals surface area contributed by atoms with Crippen LogP contribution < -0.4 is 0 Å². The standard InChI is InChI=1S/C16H14BrCl2NO/c1-10-4-3-5-14(15(10)17)16(21)20(2)9-11-6-12(18)8-13(19)7-11/h3-8H,9H2,1-2H3. The van der Waals surface area contributed by atoms with Gasteiger partial charge in [0.25, 0.3) is 5.91 Å². The van der Waals surface area contributed by atoms with Crippen LogP contribution in [-0.4, -0.2) is 17.9 Å². The molecule has 0 atom stereocenters. The fourth-order valence-electron chi connectivity index (χ4n) is 2.07. The third kappa shape index (κ3) is 4.00. The number of amides is 1. The Kier molecular flexibility index (Phi) is 5.31. The van der Waals surface area contributed by atoms with E-state index >= 15 is 0 Å². The average Bonchev–Trinajstić information content (AvgIpc) is 2.40. The molecule has 0 fully saturated rings. The summed E-state index contributed by atoms with van der Waals surface area (Å²) in [5.41, 5.74) is 2.57. The Balaban J connectivity index is 2.21. The summed E-state index contributed by atoms with van der Waals surface area (Å²) >= 11 is 15.4. The molecule has 21 heavy (non-hydrogen) atoms. The molecule has 2 aromatic carbocycles. The van der Waals surface area contributed by atoms with Crippen molar-refractivity contribution in [2.24, 2.45) is 0 Å². The van der Waals surface area contributed by atoms with Crippen molar-refractivity contribution >= 4 is 45.0 Å². The first-order valence-corrected chi connectivity index (χ1v) is 7.89. The second-order valence-electron chi connectivity index (χ2n) is 4.88. The monoisotopic (exact) mass is 385 g/mol. The lowest BCUT2D eigenvalue weighted by Crippen LogP contribution is -2.26. The largest absolute Gasteiger partial charge is 0.337 e. The van der Waals surface area contributed by atoms with E-state index in [1.165, 1.54) is 0 Å². The van der Waals surface area contributed by atoms with E-state index < -0.39 is 0 Å². The van der Waals surface area contributed by atoms with Gasteiger partial charge in [-0.2, -0.15) is 0 Å². The normalized spacial score (nSPS) is 10.5. The molecule has 0 N–H and O–H groups in total. The number of hydrogen-bond acceptors (Lipinski definition) is 1. The minimum atomic E-state index is -0.0540. The van der Waals surface area contributed by atoms with Gasteiger partial charge in [0.2, 0.25) is 0 Å². The first kappa shape index (κ1) is 16.3. The number of nitrogens with zero attached hydrogens (tertiary/aromatic N) is 1. The van der Waals surface area contributed by atoms with Crippen LogP contribution in [0.25, 0.3) is 0 Å². The third-order valence-corrected chi connectivity index (χ3v) is 4.60. The van der Waals surface area contributed by atoms with Crippen molar-refractivity contribution in [3.05, 3.63) is 67.6 Å². The van der Waals surface area contributed by atoms with Crippen LogP contribution in [0.5, 0.6) is 0 Å². The van der Waals surface area contributed by atoms with Crippen molar-refractivity contribution in [2.75, 3.05) is 7.05 Å². The van der Waals surface area contributed by atoms with Gasteiger partial charge in [-0.3, -0.25) is 4.79 Å². The number of benzene rings is 2. The molecule has 0 aliphatic carbocycles. The van der Waals surface area contributed by atoms with Gasteiger partial charge < -0.3 is 4.90 Å². The maximum atomic E-state index is 12.5. The van der Waals surface area contributed by atoms with Crippen molar-refractivity contribution in [1.82, 2.24) is 4.90 Å². The van der Waals surface area contributed by atoms with Crippen LogP contribution in [-0.2, 0) is 6.54 Å². The highest BCUT2D eigenvalue weighted by atomic mass is 79.9. The van der Waals surface area contributed by atoms with Gasteiger partial charge in [0, 0.05) is 28.1 Å². The van der Waals surface area contributed by atoms with Gasteiger partial charge in [-0.15, -0.1) is 0 Å². The summed E-state index contributed by atoms with van der Waals surface area (Å²) in [4.78, 5) is 14.2. The molecule has 0 bridgehead atoms. The van der Waals surface area contributed by atoms with Crippen LogP contribution in [0.4, 0.5) is 0 Å². The summed E-state index contributed by atoms with van der Waals surface area (Å²) in [5.74, 6) is -0.0540. The molecule has 0 saturated heterocycles. The predicted octanol–water partition coefficient (Wildman–Crippen LogP) is 5.34. The van der Waals surface area contributed by atoms with Crippen LogP contribution in [0.2, 0.25) is 10.0 Å². The zero-order valence-corrected chi connectivity index (χ0v) is 14.8. The lowest BCUT2D eigenvalue weighted by Gasteiger charge is -2.19. The average molecular weight is 387 g/mol. The zero-order chi connectivity index (χ0) is 15.6. The van der Waals surface area contributed by atoms with Crippen LogP contribution in [0.1, 0.15) is 21.5 Å². The molecular formula is C16H14BrCl2NO. The van der Waals surface area contributed by atoms with Crippen LogP contribution >= 0.6 is 39.1 Å². The Morgan fingerprint density at radius 3 is 2.43 bits per heavy atom. The summed E-state index contributed by atoms with van der Waals surface area (Å²) in [6.45, 7) is 2.40. The molecule has 1 amide bonds. The lowest BCUT2D eigenvalue weighted by atomic mass is 10.1. The minimum absolute atomic E-state index is 0.0540. The number of halogens is 3. The van der Waals surface area contributed by atoms with E-state index in [2.05, 4.69) is 15.9 Å². The minimum Gasteiger partial charge on any atom is -0.337 e. The summed E-state index contributed by atoms with van der Waals surface area (Å²) in [7, 11) is 1.76. The first-order valence-electron chi connectivity index (χ1n) is 6.34. The highest BCUT2D eigenvalue weighted by Gasteiger charge is 2.16. The molecule has 0 spiro atoms. The third-order valence-electron chi connectivity index (χ3n) is 3.11. The molecule has 0 radical (unpaired) electrons. The maximum Gasteiger partial charge on any atom is 0.255 e. The summed E-state index contributed by atoms with van der Waals surface area (Å²) < 4.78 is 0.825. The summed E-state index contributed by atoms with van der Waals surface area (Å²) in [6, 6.07) is 10.9. The Hall–Kier alpha value is -1.03. The number of rotatable bonds is 3. The van der Waals surface area contributed by atoms with Crippen LogP contribution in [0, 0.1) is 6.92 Å². The van der Waals surface area contributed by atoms with E-state index in [0.717, 1.165) is 15.6 Å². The summed E-state index contributed by atoms with van der Waals surface area (Å²) in [5, 5.41) is 1.13. The molecule has 0 aliphatic heterocycles. The van der Waals surface area contributed by atoms with Gasteiger partial charge in [0.1, 0.15) is 0 Å². The van der Waals surface area contributed by atoms with E-state index in [1.54, 1.807) is 24.1 Å². The predicted molar refractivity (Wildman–Crippen MR) is 91.1 cm³/mol. The molecule has 5 heteroatoms. The van der Waals surface area contributed by atoms with Crippen molar-refractivity contribution in [2.45, 2.75) is 13.5 Å². The van der Waals surface area contributed by atoms with Gasteiger partial charge in [0.05, 0.1) is 5.56 Å². The fourth-order valence-corrected chi connectivity index (χ4v) is 3.07. The summed E-state index contributed by atoms with van der Waals surface area (Å²) in [6.07, 6.45) is 0. The van der Waals surface area contributed by atoms with Gasteiger partial charge in [-0.1, -0.05) is 35.3 Å². The van der Waals surface area contributed by atoms with Gasteiger partial charge in [-0.25, -0.2) is 0 Å². The van der Waals surface area contributed by atoms with E-state index in [-0.39, 0.29) is 5.91 Å². The first-order chi connectivity index (χ1) is 9.88. The Labute approximate surface area is 142 Å².